The van der Waals surface area contributed by atoms with Crippen LogP contribution in [0.2, 0.25) is 5.02 Å². The number of imide groups is 1. The standard InChI is InChI=1S/C17H15ClN4O3S/c1-21-15-14(16(24)22(2)17(21)25)12(6-7-19-15)26-9-13(23)20-11-5-3-4-10(18)8-11/h3-8,14H,9H2,1-2H3/p+1. The number of allylic oxidation sites excluding steroid dienone is 1. The molecular formula is C17H16ClN4O3S+. The maximum atomic E-state index is 12.5. The molecule has 0 saturated carbocycles. The largest absolute Gasteiger partial charge is 0.445 e. The van der Waals surface area contributed by atoms with Gasteiger partial charge in [0.05, 0.1) is 19.8 Å². The Kier molecular flexibility index (Phi) is 5.24. The van der Waals surface area contributed by atoms with Crippen molar-refractivity contribution in [2.24, 2.45) is 10.9 Å². The summed E-state index contributed by atoms with van der Waals surface area (Å²) in [6.07, 6.45) is 3.23. The summed E-state index contributed by atoms with van der Waals surface area (Å²) in [5, 5.41) is 3.29. The molecule has 1 aromatic rings. The van der Waals surface area contributed by atoms with E-state index >= 15 is 0 Å². The number of fused-ring (bicyclic) bond motifs is 1. The van der Waals surface area contributed by atoms with Gasteiger partial charge in [0.25, 0.3) is 5.84 Å². The number of nitrogens with one attached hydrogen (secondary N) is 1. The SMILES string of the molecule is CN1C(=O)C2C(SCC(=O)Nc3cccc(Cl)c3)=CC=NC2=[N+](C)C1=O. The summed E-state index contributed by atoms with van der Waals surface area (Å²) in [4.78, 5) is 42.6. The third-order valence-corrected chi connectivity index (χ3v) is 5.31. The average Bonchev–Trinajstić information content (AvgIpc) is 2.62. The Morgan fingerprint density at radius 3 is 2.92 bits per heavy atom. The summed E-state index contributed by atoms with van der Waals surface area (Å²) >= 11 is 7.14. The first-order chi connectivity index (χ1) is 12.4. The first-order valence-electron chi connectivity index (χ1n) is 7.73. The fourth-order valence-electron chi connectivity index (χ4n) is 2.65. The Hall–Kier alpha value is -2.45. The third-order valence-electron chi connectivity index (χ3n) is 3.96. The van der Waals surface area contributed by atoms with E-state index in [9.17, 15) is 14.4 Å². The zero-order valence-electron chi connectivity index (χ0n) is 14.1. The highest BCUT2D eigenvalue weighted by atomic mass is 35.5. The summed E-state index contributed by atoms with van der Waals surface area (Å²) in [7, 11) is 3.01. The van der Waals surface area contributed by atoms with Gasteiger partial charge in [-0.3, -0.25) is 9.59 Å². The number of halogens is 1. The second-order valence-corrected chi connectivity index (χ2v) is 7.21. The number of nitrogens with zero attached hydrogens (tertiary/aromatic N) is 3. The number of dihydropyridines is 1. The molecule has 2 aliphatic rings. The minimum Gasteiger partial charge on any atom is -0.325 e. The topological polar surface area (TPSA) is 81.8 Å². The van der Waals surface area contributed by atoms with Crippen LogP contribution in [0.5, 0.6) is 0 Å². The molecule has 4 amide bonds. The predicted molar refractivity (Wildman–Crippen MR) is 102 cm³/mol. The molecule has 0 spiro atoms. The van der Waals surface area contributed by atoms with Gasteiger partial charge < -0.3 is 5.32 Å². The number of amidine groups is 1. The molecule has 0 fully saturated rings. The predicted octanol–water partition coefficient (Wildman–Crippen LogP) is 2.23. The lowest BCUT2D eigenvalue weighted by Gasteiger charge is -2.26. The number of hydrogen-bond acceptors (Lipinski definition) is 5. The van der Waals surface area contributed by atoms with Gasteiger partial charge in [0, 0.05) is 15.6 Å². The first-order valence-corrected chi connectivity index (χ1v) is 9.09. The molecule has 0 radical (unpaired) electrons. The van der Waals surface area contributed by atoms with Crippen LogP contribution >= 0.6 is 23.4 Å². The number of rotatable bonds is 4. The average molecular weight is 392 g/mol. The minimum absolute atomic E-state index is 0.116. The van der Waals surface area contributed by atoms with Gasteiger partial charge in [-0.1, -0.05) is 17.7 Å². The van der Waals surface area contributed by atoms with Crippen LogP contribution < -0.4 is 5.32 Å². The van der Waals surface area contributed by atoms with Crippen molar-refractivity contribution in [1.29, 1.82) is 0 Å². The highest BCUT2D eigenvalue weighted by Gasteiger charge is 2.47. The number of carbonyl (C=O) groups excluding carboxylic acids is 3. The van der Waals surface area contributed by atoms with Crippen molar-refractivity contribution in [2.75, 3.05) is 25.2 Å². The molecule has 1 atom stereocenters. The summed E-state index contributed by atoms with van der Waals surface area (Å²) in [5.41, 5.74) is 0.605. The van der Waals surface area contributed by atoms with Crippen LogP contribution in [0.25, 0.3) is 0 Å². The molecular weight excluding hydrogens is 376 g/mol. The van der Waals surface area contributed by atoms with E-state index in [2.05, 4.69) is 10.3 Å². The van der Waals surface area contributed by atoms with E-state index in [1.807, 2.05) is 0 Å². The second-order valence-electron chi connectivity index (χ2n) is 5.72. The van der Waals surface area contributed by atoms with Gasteiger partial charge in [0.15, 0.2) is 5.92 Å². The zero-order valence-corrected chi connectivity index (χ0v) is 15.7. The minimum atomic E-state index is -0.670. The molecule has 1 N–H and O–H groups in total. The molecule has 26 heavy (non-hydrogen) atoms. The summed E-state index contributed by atoms with van der Waals surface area (Å²) in [6.45, 7) is 0. The molecule has 9 heteroatoms. The summed E-state index contributed by atoms with van der Waals surface area (Å²) in [5.74, 6) is -0.753. The lowest BCUT2D eigenvalue weighted by Crippen LogP contribution is -2.52. The number of urea groups is 1. The van der Waals surface area contributed by atoms with Gasteiger partial charge in [-0.05, 0) is 24.3 Å². The third kappa shape index (κ3) is 3.56. The van der Waals surface area contributed by atoms with Crippen molar-refractivity contribution in [1.82, 2.24) is 4.90 Å². The van der Waals surface area contributed by atoms with Gasteiger partial charge >= 0.3 is 11.9 Å². The highest BCUT2D eigenvalue weighted by molar-refractivity contribution is 8.03. The molecule has 0 saturated heterocycles. The normalized spacial score (nSPS) is 19.4. The number of anilines is 1. The van der Waals surface area contributed by atoms with Crippen LogP contribution in [0.4, 0.5) is 10.5 Å². The van der Waals surface area contributed by atoms with Crippen LogP contribution in [0, 0.1) is 5.92 Å². The van der Waals surface area contributed by atoms with Crippen LogP contribution in [-0.2, 0) is 9.59 Å². The van der Waals surface area contributed by atoms with Gasteiger partial charge in [0.1, 0.15) is 6.21 Å². The fraction of sp³-hybridized carbons (Fsp3) is 0.235. The second kappa shape index (κ2) is 7.43. The van der Waals surface area contributed by atoms with Gasteiger partial charge in [-0.25, -0.2) is 4.79 Å². The van der Waals surface area contributed by atoms with Crippen LogP contribution in [0.1, 0.15) is 0 Å². The number of amides is 4. The van der Waals surface area contributed by atoms with Gasteiger partial charge in [-0.15, -0.1) is 16.8 Å². The van der Waals surface area contributed by atoms with Crippen LogP contribution in [0.15, 0.2) is 40.2 Å². The van der Waals surface area contributed by atoms with Crippen LogP contribution in [-0.4, -0.2) is 59.2 Å². The van der Waals surface area contributed by atoms with Crippen LogP contribution in [0.3, 0.4) is 0 Å². The van der Waals surface area contributed by atoms with Crippen molar-refractivity contribution in [2.45, 2.75) is 0 Å². The zero-order chi connectivity index (χ0) is 18.8. The Bertz CT molecular complexity index is 894. The Labute approximate surface area is 159 Å². The molecule has 3 rings (SSSR count). The van der Waals surface area contributed by atoms with Crippen molar-refractivity contribution in [3.63, 3.8) is 0 Å². The molecule has 2 heterocycles. The molecule has 2 aliphatic heterocycles. The molecule has 0 bridgehead atoms. The summed E-state index contributed by atoms with van der Waals surface area (Å²) in [6, 6.07) is 6.44. The number of thioether (sulfide) groups is 1. The van der Waals surface area contributed by atoms with E-state index in [0.29, 0.717) is 21.5 Å². The monoisotopic (exact) mass is 391 g/mol. The quantitative estimate of drug-likeness (QED) is 0.798. The van der Waals surface area contributed by atoms with Gasteiger partial charge in [0.2, 0.25) is 5.91 Å². The molecule has 0 aromatic heterocycles. The number of benzene rings is 1. The maximum absolute atomic E-state index is 12.5. The van der Waals surface area contributed by atoms with Gasteiger partial charge in [-0.2, -0.15) is 9.48 Å². The Morgan fingerprint density at radius 2 is 2.19 bits per heavy atom. The van der Waals surface area contributed by atoms with E-state index in [1.165, 1.54) is 29.6 Å². The number of aliphatic imine (C=N–C) groups is 1. The summed E-state index contributed by atoms with van der Waals surface area (Å²) < 4.78 is 1.35. The molecule has 7 nitrogen and oxygen atoms in total. The Morgan fingerprint density at radius 1 is 1.42 bits per heavy atom. The Balaban J connectivity index is 1.71. The van der Waals surface area contributed by atoms with E-state index in [0.717, 1.165) is 4.90 Å². The van der Waals surface area contributed by atoms with E-state index in [4.69, 9.17) is 11.6 Å². The maximum Gasteiger partial charge on any atom is 0.445 e. The fourth-order valence-corrected chi connectivity index (χ4v) is 3.74. The van der Waals surface area contributed by atoms with Crippen molar-refractivity contribution < 1.29 is 19.0 Å². The molecule has 134 valence electrons. The van der Waals surface area contributed by atoms with E-state index in [-0.39, 0.29) is 17.6 Å². The number of carbonyl (C=O) groups is 3. The lowest BCUT2D eigenvalue weighted by atomic mass is 10.0. The first kappa shape index (κ1) is 18.3. The van der Waals surface area contributed by atoms with E-state index < -0.39 is 11.9 Å². The molecule has 1 aromatic carbocycles. The van der Waals surface area contributed by atoms with Crippen molar-refractivity contribution in [3.05, 3.63) is 40.3 Å². The van der Waals surface area contributed by atoms with Crippen molar-refractivity contribution in [3.8, 4) is 0 Å². The molecule has 0 aliphatic carbocycles. The smallest absolute Gasteiger partial charge is 0.325 e. The van der Waals surface area contributed by atoms with Crippen molar-refractivity contribution >= 4 is 58.9 Å². The number of hydrogen-bond donors (Lipinski definition) is 1. The lowest BCUT2D eigenvalue weighted by molar-refractivity contribution is -0.407. The molecule has 1 unspecified atom stereocenters. The highest BCUT2D eigenvalue weighted by Crippen LogP contribution is 2.31. The van der Waals surface area contributed by atoms with E-state index in [1.54, 1.807) is 37.4 Å².